The molecular formula is C32H56O4Si. The van der Waals surface area contributed by atoms with Gasteiger partial charge < -0.3 is 14.3 Å². The molecule has 0 saturated heterocycles. The zero-order chi connectivity index (χ0) is 27.3. The Morgan fingerprint density at radius 1 is 1.05 bits per heavy atom. The van der Waals surface area contributed by atoms with Gasteiger partial charge in [0.1, 0.15) is 6.10 Å². The van der Waals surface area contributed by atoms with Crippen molar-refractivity contribution < 1.29 is 19.1 Å². The molecule has 0 aromatic heterocycles. The highest BCUT2D eigenvalue weighted by Gasteiger charge is 2.77. The molecule has 5 saturated carbocycles. The van der Waals surface area contributed by atoms with Gasteiger partial charge in [0.25, 0.3) is 0 Å². The Morgan fingerprint density at radius 2 is 1.73 bits per heavy atom. The first-order chi connectivity index (χ1) is 17.0. The van der Waals surface area contributed by atoms with Crippen molar-refractivity contribution in [2.45, 2.75) is 136 Å². The van der Waals surface area contributed by atoms with Gasteiger partial charge in [-0.05, 0) is 123 Å². The minimum Gasteiger partial charge on any atom is -0.404 e. The second-order valence-electron chi connectivity index (χ2n) is 16.2. The van der Waals surface area contributed by atoms with Crippen LogP contribution in [0.2, 0.25) is 18.1 Å². The number of rotatable bonds is 7. The van der Waals surface area contributed by atoms with Crippen molar-refractivity contribution >= 4 is 14.1 Å². The molecule has 0 amide bonds. The van der Waals surface area contributed by atoms with Crippen molar-refractivity contribution in [1.82, 2.24) is 0 Å². The van der Waals surface area contributed by atoms with Crippen LogP contribution in [0.1, 0.15) is 99.8 Å². The van der Waals surface area contributed by atoms with Crippen LogP contribution in [0.5, 0.6) is 0 Å². The van der Waals surface area contributed by atoms with Crippen LogP contribution in [-0.4, -0.2) is 44.6 Å². The number of hydrogen-bond acceptors (Lipinski definition) is 4. The molecule has 1 spiro atoms. The second kappa shape index (κ2) is 8.88. The lowest BCUT2D eigenvalue weighted by molar-refractivity contribution is -0.164. The average Bonchev–Trinajstić information content (AvgIpc) is 3.32. The third kappa shape index (κ3) is 3.86. The monoisotopic (exact) mass is 532 g/mol. The highest BCUT2D eigenvalue weighted by molar-refractivity contribution is 6.74. The molecule has 212 valence electrons. The lowest BCUT2D eigenvalue weighted by atomic mass is 9.45. The Morgan fingerprint density at radius 3 is 2.30 bits per heavy atom. The van der Waals surface area contributed by atoms with Crippen LogP contribution in [0.25, 0.3) is 0 Å². The van der Waals surface area contributed by atoms with Crippen LogP contribution < -0.4 is 0 Å². The van der Waals surface area contributed by atoms with E-state index < -0.39 is 20.5 Å². The summed E-state index contributed by atoms with van der Waals surface area (Å²) in [6.45, 7) is 20.0. The van der Waals surface area contributed by atoms with E-state index >= 15 is 0 Å². The summed E-state index contributed by atoms with van der Waals surface area (Å²) in [5.41, 5.74) is 1.14. The summed E-state index contributed by atoms with van der Waals surface area (Å²) < 4.78 is 12.9. The predicted octanol–water partition coefficient (Wildman–Crippen LogP) is 7.25. The standard InChI is InChI=1S/C32H56O4Si/c1-19(27(34)28(20(2)33)36-37(9,10)29(3,4)5)23-11-12-24-22-17-26(35-8)32-18-21(32)13-16-31(32,7)25(22)14-15-30(23,24)6/h19,21-28,34H,11-18H2,1-10H3/t19-,21+,22-,23+,24-,25-,26+,27+,28-,30+,31+,32-/m0/s1. The van der Waals surface area contributed by atoms with Gasteiger partial charge in [-0.15, -0.1) is 0 Å². The molecular weight excluding hydrogens is 476 g/mol. The van der Waals surface area contributed by atoms with E-state index in [1.165, 1.54) is 44.9 Å². The summed E-state index contributed by atoms with van der Waals surface area (Å²) >= 11 is 0. The summed E-state index contributed by atoms with van der Waals surface area (Å²) in [5, 5.41) is 11.7. The fraction of sp³-hybridized carbons (Fsp3) is 0.969. The van der Waals surface area contributed by atoms with Gasteiger partial charge >= 0.3 is 0 Å². The molecule has 0 unspecified atom stereocenters. The molecule has 5 aliphatic carbocycles. The number of carbonyl (C=O) groups excluding carboxylic acids is 1. The number of aliphatic hydroxyl groups excluding tert-OH is 1. The third-order valence-corrected chi connectivity index (χ3v) is 18.5. The molecule has 4 nitrogen and oxygen atoms in total. The van der Waals surface area contributed by atoms with E-state index in [2.05, 4.69) is 54.6 Å². The number of methoxy groups -OCH3 is 1. The minimum atomic E-state index is -2.19. The zero-order valence-electron chi connectivity index (χ0n) is 25.5. The van der Waals surface area contributed by atoms with E-state index in [9.17, 15) is 9.90 Å². The summed E-state index contributed by atoms with van der Waals surface area (Å²) in [4.78, 5) is 12.8. The van der Waals surface area contributed by atoms with E-state index in [0.717, 1.165) is 24.2 Å². The summed E-state index contributed by atoms with van der Waals surface area (Å²) in [7, 11) is -0.218. The molecule has 12 atom stereocenters. The van der Waals surface area contributed by atoms with Crippen molar-refractivity contribution in [3.63, 3.8) is 0 Å². The van der Waals surface area contributed by atoms with E-state index in [4.69, 9.17) is 9.16 Å². The largest absolute Gasteiger partial charge is 0.404 e. The molecule has 1 N–H and O–H groups in total. The van der Waals surface area contributed by atoms with Gasteiger partial charge in [0.05, 0.1) is 12.2 Å². The maximum atomic E-state index is 12.8. The van der Waals surface area contributed by atoms with E-state index in [1.807, 2.05) is 7.11 Å². The van der Waals surface area contributed by atoms with Crippen molar-refractivity contribution in [3.8, 4) is 0 Å². The molecule has 37 heavy (non-hydrogen) atoms. The first kappa shape index (κ1) is 28.3. The number of Topliss-reactive ketones (excluding diaryl/α,β-unsaturated/α-hetero) is 1. The van der Waals surface area contributed by atoms with Crippen LogP contribution in [0.3, 0.4) is 0 Å². The molecule has 5 fully saturated rings. The Kier molecular flexibility index (Phi) is 6.79. The lowest BCUT2D eigenvalue weighted by Gasteiger charge is -2.61. The lowest BCUT2D eigenvalue weighted by Crippen LogP contribution is -2.57. The highest BCUT2D eigenvalue weighted by atomic mass is 28.4. The van der Waals surface area contributed by atoms with Crippen molar-refractivity contribution in [3.05, 3.63) is 0 Å². The highest BCUT2D eigenvalue weighted by Crippen LogP contribution is 2.82. The molecule has 0 radical (unpaired) electrons. The first-order valence-electron chi connectivity index (χ1n) is 15.4. The van der Waals surface area contributed by atoms with Crippen LogP contribution >= 0.6 is 0 Å². The fourth-order valence-corrected chi connectivity index (χ4v) is 12.2. The maximum absolute atomic E-state index is 12.8. The smallest absolute Gasteiger partial charge is 0.193 e. The number of hydrogen-bond donors (Lipinski definition) is 1. The number of ether oxygens (including phenoxy) is 1. The Hall–Kier alpha value is -0.233. The van der Waals surface area contributed by atoms with Crippen molar-refractivity contribution in [2.75, 3.05) is 7.11 Å². The molecule has 0 bridgehead atoms. The SMILES string of the molecule is CO[C@@H]1C[C@H]2[C@@H]3CC[C@H]([C@H](C)[C@@H](O)[C@@H](O[Si](C)(C)C(C)(C)C)C(C)=O)[C@@]3(C)CC[C@@H]2[C@@]2(C)CC[C@@H]3C[C@]312. The van der Waals surface area contributed by atoms with Gasteiger partial charge in [-0.25, -0.2) is 0 Å². The average molecular weight is 533 g/mol. The number of carbonyl (C=O) groups is 1. The van der Waals surface area contributed by atoms with Gasteiger partial charge in [-0.2, -0.15) is 0 Å². The summed E-state index contributed by atoms with van der Waals surface area (Å²) in [5.74, 6) is 3.63. The van der Waals surface area contributed by atoms with E-state index in [-0.39, 0.29) is 22.2 Å². The molecule has 5 heteroatoms. The Bertz CT molecular complexity index is 911. The minimum absolute atomic E-state index is 0.000375. The van der Waals surface area contributed by atoms with Crippen LogP contribution in [0.4, 0.5) is 0 Å². The second-order valence-corrected chi connectivity index (χ2v) is 21.0. The third-order valence-electron chi connectivity index (χ3n) is 14.0. The van der Waals surface area contributed by atoms with E-state index in [0.29, 0.717) is 28.8 Å². The number of ketones is 1. The summed E-state index contributed by atoms with van der Waals surface area (Å²) in [6.07, 6.45) is 9.43. The van der Waals surface area contributed by atoms with Crippen LogP contribution in [0.15, 0.2) is 0 Å². The van der Waals surface area contributed by atoms with Crippen molar-refractivity contribution in [2.24, 2.45) is 51.8 Å². The first-order valence-corrected chi connectivity index (χ1v) is 18.3. The topological polar surface area (TPSA) is 55.8 Å². The van der Waals surface area contributed by atoms with Crippen LogP contribution in [0, 0.1) is 51.8 Å². The van der Waals surface area contributed by atoms with Gasteiger partial charge in [-0.3, -0.25) is 4.79 Å². The molecule has 5 aliphatic rings. The Labute approximate surface area is 228 Å². The molecule has 0 heterocycles. The normalized spacial score (nSPS) is 47.3. The molecule has 0 aliphatic heterocycles. The quantitative estimate of drug-likeness (QED) is 0.351. The van der Waals surface area contributed by atoms with Crippen molar-refractivity contribution in [1.29, 1.82) is 0 Å². The number of aliphatic hydroxyl groups is 1. The van der Waals surface area contributed by atoms with Gasteiger partial charge in [0.2, 0.25) is 0 Å². The number of fused-ring (bicyclic) bond motifs is 4. The molecule has 0 aromatic carbocycles. The maximum Gasteiger partial charge on any atom is 0.193 e. The molecule has 0 aromatic rings. The van der Waals surface area contributed by atoms with E-state index in [1.54, 1.807) is 6.92 Å². The Balaban J connectivity index is 1.37. The van der Waals surface area contributed by atoms with Gasteiger partial charge in [-0.1, -0.05) is 41.5 Å². The summed E-state index contributed by atoms with van der Waals surface area (Å²) in [6, 6.07) is 0. The molecule has 5 rings (SSSR count). The zero-order valence-corrected chi connectivity index (χ0v) is 26.5. The fourth-order valence-electron chi connectivity index (χ4n) is 10.9. The van der Waals surface area contributed by atoms with Gasteiger partial charge in [0, 0.05) is 12.5 Å². The van der Waals surface area contributed by atoms with Gasteiger partial charge in [0.15, 0.2) is 14.1 Å². The van der Waals surface area contributed by atoms with Crippen LogP contribution in [-0.2, 0) is 14.0 Å². The predicted molar refractivity (Wildman–Crippen MR) is 152 cm³/mol.